The molecule has 0 saturated carbocycles. The third-order valence-electron chi connectivity index (χ3n) is 4.72. The van der Waals surface area contributed by atoms with E-state index in [1.54, 1.807) is 6.92 Å². The second kappa shape index (κ2) is 7.24. The van der Waals surface area contributed by atoms with E-state index in [9.17, 15) is 22.8 Å². The maximum absolute atomic E-state index is 12.6. The van der Waals surface area contributed by atoms with Crippen molar-refractivity contribution < 1.29 is 22.8 Å². The van der Waals surface area contributed by atoms with E-state index in [0.29, 0.717) is 5.56 Å². The zero-order valence-electron chi connectivity index (χ0n) is 14.3. The summed E-state index contributed by atoms with van der Waals surface area (Å²) in [7, 11) is 0. The number of amides is 2. The van der Waals surface area contributed by atoms with Gasteiger partial charge >= 0.3 is 6.18 Å². The molecule has 142 valence electrons. The first kappa shape index (κ1) is 18.7. The Balaban J connectivity index is 1.60. The Kier molecular flexibility index (Phi) is 5.19. The Labute approximate surface area is 149 Å². The van der Waals surface area contributed by atoms with E-state index in [1.807, 2.05) is 4.90 Å². The summed E-state index contributed by atoms with van der Waals surface area (Å²) in [5.74, 6) is -0.555. The molecule has 0 bridgehead atoms. The van der Waals surface area contributed by atoms with E-state index in [1.165, 1.54) is 12.1 Å². The summed E-state index contributed by atoms with van der Waals surface area (Å²) in [5.41, 5.74) is -0.173. The monoisotopic (exact) mass is 370 g/mol. The zero-order chi connectivity index (χ0) is 18.9. The van der Waals surface area contributed by atoms with Gasteiger partial charge in [-0.3, -0.25) is 19.8 Å². The minimum absolute atomic E-state index is 0.0237. The third kappa shape index (κ3) is 4.16. The Hall–Kier alpha value is -2.13. The molecule has 2 unspecified atom stereocenters. The average Bonchev–Trinajstić information content (AvgIpc) is 2.52. The number of alkyl halides is 3. The predicted octanol–water partition coefficient (Wildman–Crippen LogP) is 1.35. The predicted molar refractivity (Wildman–Crippen MR) is 87.7 cm³/mol. The molecule has 1 aromatic carbocycles. The fourth-order valence-corrected chi connectivity index (χ4v) is 3.01. The summed E-state index contributed by atoms with van der Waals surface area (Å²) in [6, 6.07) is 3.52. The van der Waals surface area contributed by atoms with Crippen molar-refractivity contribution in [3.8, 4) is 0 Å². The smallest absolute Gasteiger partial charge is 0.348 e. The highest BCUT2D eigenvalue weighted by Gasteiger charge is 2.35. The Morgan fingerprint density at radius 3 is 2.46 bits per heavy atom. The first-order chi connectivity index (χ1) is 12.2. The van der Waals surface area contributed by atoms with Crippen LogP contribution >= 0.6 is 0 Å². The topological polar surface area (TPSA) is 73.5 Å². The van der Waals surface area contributed by atoms with Crippen molar-refractivity contribution >= 4 is 11.8 Å². The highest BCUT2D eigenvalue weighted by Crippen LogP contribution is 2.29. The lowest BCUT2D eigenvalue weighted by atomic mass is 10.0. The molecular formula is C17H21F3N4O2. The van der Waals surface area contributed by atoms with Gasteiger partial charge in [-0.05, 0) is 31.0 Å². The number of hydrogen-bond donors (Lipinski definition) is 3. The van der Waals surface area contributed by atoms with E-state index in [2.05, 4.69) is 16.0 Å². The number of likely N-dealkylation sites (tertiary alicyclic amines) is 1. The second-order valence-electron chi connectivity index (χ2n) is 6.63. The van der Waals surface area contributed by atoms with Crippen LogP contribution in [-0.2, 0) is 15.8 Å². The molecule has 3 atom stereocenters. The van der Waals surface area contributed by atoms with Gasteiger partial charge in [-0.25, -0.2) is 0 Å². The molecule has 1 aromatic rings. The number of carbonyl (C=O) groups is 2. The third-order valence-corrected chi connectivity index (χ3v) is 4.72. The molecule has 0 aliphatic carbocycles. The largest absolute Gasteiger partial charge is 0.416 e. The first-order valence-electron chi connectivity index (χ1n) is 8.51. The molecule has 2 saturated heterocycles. The number of halogens is 3. The molecule has 2 amide bonds. The highest BCUT2D eigenvalue weighted by atomic mass is 19.4. The molecule has 3 rings (SSSR count). The number of hydrogen-bond acceptors (Lipinski definition) is 4. The number of rotatable bonds is 4. The summed E-state index contributed by atoms with van der Waals surface area (Å²) in [6.45, 7) is 3.40. The lowest BCUT2D eigenvalue weighted by Crippen LogP contribution is -2.68. The van der Waals surface area contributed by atoms with Crippen molar-refractivity contribution in [1.29, 1.82) is 0 Å². The molecule has 0 aromatic heterocycles. The van der Waals surface area contributed by atoms with Crippen LogP contribution < -0.4 is 16.0 Å². The minimum Gasteiger partial charge on any atom is -0.348 e. The molecule has 2 heterocycles. The second-order valence-corrected chi connectivity index (χ2v) is 6.63. The van der Waals surface area contributed by atoms with Gasteiger partial charge in [0, 0.05) is 13.1 Å². The van der Waals surface area contributed by atoms with Crippen molar-refractivity contribution in [2.24, 2.45) is 0 Å². The van der Waals surface area contributed by atoms with Crippen LogP contribution in [0.4, 0.5) is 13.2 Å². The van der Waals surface area contributed by atoms with Crippen LogP contribution in [0, 0.1) is 0 Å². The summed E-state index contributed by atoms with van der Waals surface area (Å²) in [6.07, 6.45) is -3.68. The Morgan fingerprint density at radius 2 is 1.92 bits per heavy atom. The van der Waals surface area contributed by atoms with Crippen LogP contribution in [0.2, 0.25) is 0 Å². The first-order valence-corrected chi connectivity index (χ1v) is 8.51. The highest BCUT2D eigenvalue weighted by molar-refractivity contribution is 5.89. The molecule has 26 heavy (non-hydrogen) atoms. The van der Waals surface area contributed by atoms with E-state index < -0.39 is 23.8 Å². The van der Waals surface area contributed by atoms with E-state index >= 15 is 0 Å². The lowest BCUT2D eigenvalue weighted by molar-refractivity contribution is -0.137. The summed E-state index contributed by atoms with van der Waals surface area (Å²) < 4.78 is 37.9. The van der Waals surface area contributed by atoms with Crippen LogP contribution in [0.5, 0.6) is 0 Å². The van der Waals surface area contributed by atoms with Gasteiger partial charge in [0.15, 0.2) is 0 Å². The van der Waals surface area contributed by atoms with Crippen molar-refractivity contribution in [2.75, 3.05) is 13.1 Å². The van der Waals surface area contributed by atoms with Crippen molar-refractivity contribution in [1.82, 2.24) is 20.9 Å². The van der Waals surface area contributed by atoms with Gasteiger partial charge in [0.05, 0.1) is 24.1 Å². The summed E-state index contributed by atoms with van der Waals surface area (Å²) >= 11 is 0. The van der Waals surface area contributed by atoms with Gasteiger partial charge in [0.2, 0.25) is 11.8 Å². The molecule has 2 fully saturated rings. The summed E-state index contributed by atoms with van der Waals surface area (Å²) in [4.78, 5) is 26.4. The average molecular weight is 370 g/mol. The van der Waals surface area contributed by atoms with Gasteiger partial charge in [-0.1, -0.05) is 12.1 Å². The Morgan fingerprint density at radius 1 is 1.27 bits per heavy atom. The molecular weight excluding hydrogens is 349 g/mol. The van der Waals surface area contributed by atoms with Gasteiger partial charge < -0.3 is 10.6 Å². The van der Waals surface area contributed by atoms with Crippen molar-refractivity contribution in [3.63, 3.8) is 0 Å². The molecule has 6 nitrogen and oxygen atoms in total. The minimum atomic E-state index is -4.39. The molecule has 2 aliphatic rings. The van der Waals surface area contributed by atoms with Crippen LogP contribution in [-0.4, -0.2) is 42.1 Å². The normalized spacial score (nSPS) is 25.2. The number of nitrogens with one attached hydrogen (secondary N) is 3. The van der Waals surface area contributed by atoms with Crippen molar-refractivity contribution in [2.45, 2.75) is 44.3 Å². The van der Waals surface area contributed by atoms with Crippen molar-refractivity contribution in [3.05, 3.63) is 35.4 Å². The van der Waals surface area contributed by atoms with Gasteiger partial charge in [0.25, 0.3) is 0 Å². The molecule has 0 radical (unpaired) electrons. The molecule has 3 N–H and O–H groups in total. The fraction of sp³-hybridized carbons (Fsp3) is 0.529. The maximum Gasteiger partial charge on any atom is 0.416 e. The maximum atomic E-state index is 12.6. The molecule has 9 heteroatoms. The van der Waals surface area contributed by atoms with Crippen LogP contribution in [0.25, 0.3) is 0 Å². The SMILES string of the molecule is C[C@@H](NC(=O)C1CC(=O)NC(N2CCC2)N1)c1ccc(C(F)(F)F)cc1. The van der Waals surface area contributed by atoms with Gasteiger partial charge in [-0.2, -0.15) is 13.2 Å². The van der Waals surface area contributed by atoms with E-state index in [4.69, 9.17) is 0 Å². The molecule has 2 aliphatic heterocycles. The number of nitrogens with zero attached hydrogens (tertiary/aromatic N) is 1. The van der Waals surface area contributed by atoms with Crippen LogP contribution in [0.15, 0.2) is 24.3 Å². The van der Waals surface area contributed by atoms with Gasteiger partial charge in [-0.15, -0.1) is 0 Å². The summed E-state index contributed by atoms with van der Waals surface area (Å²) in [5, 5.41) is 8.66. The van der Waals surface area contributed by atoms with Crippen LogP contribution in [0.1, 0.15) is 36.9 Å². The van der Waals surface area contributed by atoms with E-state index in [-0.39, 0.29) is 24.5 Å². The number of carbonyl (C=O) groups excluding carboxylic acids is 2. The fourth-order valence-electron chi connectivity index (χ4n) is 3.01. The zero-order valence-corrected chi connectivity index (χ0v) is 14.3. The van der Waals surface area contributed by atoms with Gasteiger partial charge in [0.1, 0.15) is 6.29 Å². The van der Waals surface area contributed by atoms with Crippen LogP contribution in [0.3, 0.4) is 0 Å². The lowest BCUT2D eigenvalue weighted by Gasteiger charge is -2.42. The van der Waals surface area contributed by atoms with E-state index in [0.717, 1.165) is 31.6 Å². The Bertz CT molecular complexity index is 674. The quantitative estimate of drug-likeness (QED) is 0.748. The molecule has 0 spiro atoms. The number of benzene rings is 1. The standard InChI is InChI=1S/C17H21F3N4O2/c1-10(11-3-5-12(6-4-11)17(18,19)20)21-15(26)13-9-14(25)23-16(22-13)24-7-2-8-24/h3-6,10,13,16,22H,2,7-9H2,1H3,(H,21,26)(H,23,25)/t10-,13?,16?/m1/s1.